The molecule has 0 saturated carbocycles. The largest absolute Gasteiger partial charge is 0.497 e. The average molecular weight is 332 g/mol. The molecule has 0 aliphatic carbocycles. The Morgan fingerprint density at radius 2 is 1.88 bits per heavy atom. The van der Waals surface area contributed by atoms with Crippen LogP contribution in [0, 0.1) is 11.3 Å². The van der Waals surface area contributed by atoms with Gasteiger partial charge in [0.1, 0.15) is 11.6 Å². The van der Waals surface area contributed by atoms with Gasteiger partial charge in [0.2, 0.25) is 0 Å². The number of rotatable bonds is 5. The molecular weight excluding hydrogens is 312 g/mol. The highest BCUT2D eigenvalue weighted by Gasteiger charge is 2.10. The van der Waals surface area contributed by atoms with Crippen LogP contribution in [0.2, 0.25) is 0 Å². The van der Waals surface area contributed by atoms with Gasteiger partial charge in [-0.25, -0.2) is 4.98 Å². The zero-order chi connectivity index (χ0) is 17.8. The highest BCUT2D eigenvalue weighted by Crippen LogP contribution is 2.30. The molecule has 0 unspecified atom stereocenters. The maximum absolute atomic E-state index is 9.22. The number of nitriles is 1. The molecule has 0 fully saturated rings. The summed E-state index contributed by atoms with van der Waals surface area (Å²) in [4.78, 5) is 6.54. The van der Waals surface area contributed by atoms with Gasteiger partial charge in [0.15, 0.2) is 0 Å². The number of nitrogens with zero attached hydrogens (tertiary/aromatic N) is 3. The number of fused-ring (bicyclic) bond motifs is 1. The number of hydrogen-bond donors (Lipinski definition) is 1. The molecule has 1 heterocycles. The van der Waals surface area contributed by atoms with E-state index in [1.165, 1.54) is 0 Å². The molecule has 0 saturated heterocycles. The molecule has 0 spiro atoms. The molecule has 0 bridgehead atoms. The molecule has 5 heteroatoms. The number of anilines is 2. The fourth-order valence-corrected chi connectivity index (χ4v) is 2.73. The Bertz CT molecular complexity index is 927. The fraction of sp³-hybridized carbons (Fsp3) is 0.200. The van der Waals surface area contributed by atoms with Crippen LogP contribution in [0.5, 0.6) is 5.75 Å². The number of benzene rings is 2. The number of methoxy groups -OCH3 is 1. The molecule has 1 N–H and O–H groups in total. The number of aromatic nitrogens is 1. The number of hydrogen-bond acceptors (Lipinski definition) is 5. The zero-order valence-corrected chi connectivity index (χ0v) is 14.6. The fourth-order valence-electron chi connectivity index (χ4n) is 2.73. The summed E-state index contributed by atoms with van der Waals surface area (Å²) in [5, 5.41) is 14.7. The monoisotopic (exact) mass is 332 g/mol. The number of pyridine rings is 1. The van der Waals surface area contributed by atoms with Gasteiger partial charge in [0, 0.05) is 31.4 Å². The molecular formula is C20H20N4O. The Morgan fingerprint density at radius 1 is 1.12 bits per heavy atom. The lowest BCUT2D eigenvalue weighted by molar-refractivity contribution is 0.414. The summed E-state index contributed by atoms with van der Waals surface area (Å²) in [5.74, 6) is 1.72. The van der Waals surface area contributed by atoms with Gasteiger partial charge in [-0.2, -0.15) is 5.26 Å². The van der Waals surface area contributed by atoms with E-state index in [1.807, 2.05) is 67.7 Å². The van der Waals surface area contributed by atoms with Crippen molar-refractivity contribution in [3.63, 3.8) is 0 Å². The lowest BCUT2D eigenvalue weighted by Gasteiger charge is -2.17. The molecule has 5 nitrogen and oxygen atoms in total. The molecule has 3 aromatic rings. The molecule has 0 aliphatic heterocycles. The highest BCUT2D eigenvalue weighted by molar-refractivity contribution is 6.00. The standard InChI is InChI=1S/C20H20N4O/c1-24(2)20-17-9-6-15(11-21)10-18(17)19(13-23-20)22-12-14-4-7-16(25-3)8-5-14/h4-10,13,22H,12H2,1-3H3. The van der Waals surface area contributed by atoms with Crippen molar-refractivity contribution in [3.8, 4) is 11.8 Å². The first-order valence-electron chi connectivity index (χ1n) is 7.99. The number of ether oxygens (including phenoxy) is 1. The molecule has 1 aromatic heterocycles. The van der Waals surface area contributed by atoms with Crippen molar-refractivity contribution < 1.29 is 4.74 Å². The Kier molecular flexibility index (Phi) is 4.71. The molecule has 3 rings (SSSR count). The third-order valence-corrected chi connectivity index (χ3v) is 4.06. The molecule has 126 valence electrons. The van der Waals surface area contributed by atoms with E-state index >= 15 is 0 Å². The first-order chi connectivity index (χ1) is 12.1. The van der Waals surface area contributed by atoms with Crippen LogP contribution in [0.15, 0.2) is 48.7 Å². The van der Waals surface area contributed by atoms with Gasteiger partial charge >= 0.3 is 0 Å². The summed E-state index contributed by atoms with van der Waals surface area (Å²) < 4.78 is 5.19. The van der Waals surface area contributed by atoms with E-state index in [2.05, 4.69) is 16.4 Å². The maximum atomic E-state index is 9.22. The summed E-state index contributed by atoms with van der Waals surface area (Å²) in [7, 11) is 5.58. The first kappa shape index (κ1) is 16.6. The molecule has 0 radical (unpaired) electrons. The molecule has 0 amide bonds. The second kappa shape index (κ2) is 7.10. The first-order valence-corrected chi connectivity index (χ1v) is 7.99. The van der Waals surface area contributed by atoms with Crippen molar-refractivity contribution in [1.82, 2.24) is 4.98 Å². The van der Waals surface area contributed by atoms with Crippen molar-refractivity contribution in [2.45, 2.75) is 6.54 Å². The quantitative estimate of drug-likeness (QED) is 0.770. The molecule has 25 heavy (non-hydrogen) atoms. The summed E-state index contributed by atoms with van der Waals surface area (Å²) >= 11 is 0. The molecule has 0 atom stereocenters. The van der Waals surface area contributed by atoms with E-state index in [1.54, 1.807) is 7.11 Å². The van der Waals surface area contributed by atoms with Crippen LogP contribution in [0.4, 0.5) is 11.5 Å². The van der Waals surface area contributed by atoms with E-state index in [4.69, 9.17) is 4.74 Å². The highest BCUT2D eigenvalue weighted by atomic mass is 16.5. The van der Waals surface area contributed by atoms with Crippen molar-refractivity contribution >= 4 is 22.3 Å². The van der Waals surface area contributed by atoms with Gasteiger partial charge in [-0.15, -0.1) is 0 Å². The Balaban J connectivity index is 1.94. The summed E-state index contributed by atoms with van der Waals surface area (Å²) in [5.41, 5.74) is 2.69. The Hall–Kier alpha value is -3.26. The topological polar surface area (TPSA) is 61.2 Å². The van der Waals surface area contributed by atoms with E-state index < -0.39 is 0 Å². The molecule has 2 aromatic carbocycles. The molecule has 0 aliphatic rings. The van der Waals surface area contributed by atoms with Gasteiger partial charge in [0.05, 0.1) is 30.6 Å². The summed E-state index contributed by atoms with van der Waals surface area (Å²) in [6, 6.07) is 15.8. The minimum Gasteiger partial charge on any atom is -0.497 e. The lowest BCUT2D eigenvalue weighted by atomic mass is 10.1. The van der Waals surface area contributed by atoms with Crippen LogP contribution in [-0.2, 0) is 6.54 Å². The van der Waals surface area contributed by atoms with Crippen LogP contribution < -0.4 is 15.0 Å². The summed E-state index contributed by atoms with van der Waals surface area (Å²) in [6.45, 7) is 0.666. The van der Waals surface area contributed by atoms with Crippen molar-refractivity contribution in [3.05, 3.63) is 59.8 Å². The summed E-state index contributed by atoms with van der Waals surface area (Å²) in [6.07, 6.45) is 1.82. The van der Waals surface area contributed by atoms with E-state index in [0.717, 1.165) is 33.6 Å². The van der Waals surface area contributed by atoms with Crippen LogP contribution >= 0.6 is 0 Å². The minimum absolute atomic E-state index is 0.635. The van der Waals surface area contributed by atoms with Gasteiger partial charge in [0.25, 0.3) is 0 Å². The third kappa shape index (κ3) is 3.48. The van der Waals surface area contributed by atoms with E-state index in [9.17, 15) is 5.26 Å². The van der Waals surface area contributed by atoms with Gasteiger partial charge in [-0.3, -0.25) is 0 Å². The second-order valence-corrected chi connectivity index (χ2v) is 5.96. The van der Waals surface area contributed by atoms with Crippen molar-refractivity contribution in [1.29, 1.82) is 5.26 Å². The SMILES string of the molecule is COc1ccc(CNc2cnc(N(C)C)c3ccc(C#N)cc23)cc1. The third-order valence-electron chi connectivity index (χ3n) is 4.06. The Morgan fingerprint density at radius 3 is 2.52 bits per heavy atom. The van der Waals surface area contributed by atoms with Gasteiger partial charge in [-0.1, -0.05) is 12.1 Å². The maximum Gasteiger partial charge on any atom is 0.136 e. The predicted molar refractivity (Wildman–Crippen MR) is 101 cm³/mol. The number of nitrogens with one attached hydrogen (secondary N) is 1. The average Bonchev–Trinajstić information content (AvgIpc) is 2.65. The van der Waals surface area contributed by atoms with Crippen LogP contribution in [0.1, 0.15) is 11.1 Å². The van der Waals surface area contributed by atoms with Crippen LogP contribution in [0.3, 0.4) is 0 Å². The second-order valence-electron chi connectivity index (χ2n) is 5.96. The van der Waals surface area contributed by atoms with Crippen molar-refractivity contribution in [2.75, 3.05) is 31.4 Å². The van der Waals surface area contributed by atoms with Gasteiger partial charge in [-0.05, 0) is 35.9 Å². The minimum atomic E-state index is 0.635. The lowest BCUT2D eigenvalue weighted by Crippen LogP contribution is -2.12. The normalized spacial score (nSPS) is 10.3. The van der Waals surface area contributed by atoms with E-state index in [0.29, 0.717) is 12.1 Å². The zero-order valence-electron chi connectivity index (χ0n) is 14.6. The smallest absolute Gasteiger partial charge is 0.136 e. The van der Waals surface area contributed by atoms with E-state index in [-0.39, 0.29) is 0 Å². The van der Waals surface area contributed by atoms with Crippen molar-refractivity contribution in [2.24, 2.45) is 0 Å². The van der Waals surface area contributed by atoms with Crippen LogP contribution in [-0.4, -0.2) is 26.2 Å². The predicted octanol–water partition coefficient (Wildman–Crippen LogP) is 3.79. The van der Waals surface area contributed by atoms with Gasteiger partial charge < -0.3 is 15.0 Å². The van der Waals surface area contributed by atoms with Crippen LogP contribution in [0.25, 0.3) is 10.8 Å². The Labute approximate surface area is 147 Å².